The van der Waals surface area contributed by atoms with Gasteiger partial charge in [-0.1, -0.05) is 24.3 Å². The van der Waals surface area contributed by atoms with Gasteiger partial charge in [0.1, 0.15) is 5.75 Å². The van der Waals surface area contributed by atoms with Crippen LogP contribution in [0.25, 0.3) is 0 Å². The van der Waals surface area contributed by atoms with Crippen molar-refractivity contribution in [1.82, 2.24) is 20.9 Å². The number of carbonyl (C=O) groups is 1. The number of nitrogens with one attached hydrogen (secondary N) is 3. The standard InChI is InChI=1S/C25H37N5O2/c1-18(2)32-23-14-19(3)10-11-22(23)17-29-25(26-4)28-16-20-8-7-9-21(15-20)24(31)27-12-13-30(5)6/h7-11,14-15,18H,12-13,16-17H2,1-6H3,(H,27,31)(H2,26,28,29). The van der Waals surface area contributed by atoms with Crippen LogP contribution in [0.3, 0.4) is 0 Å². The first-order chi connectivity index (χ1) is 15.3. The minimum atomic E-state index is -0.0618. The van der Waals surface area contributed by atoms with E-state index in [4.69, 9.17) is 4.74 Å². The lowest BCUT2D eigenvalue weighted by molar-refractivity contribution is 0.0951. The first kappa shape index (κ1) is 25.2. The number of benzene rings is 2. The largest absolute Gasteiger partial charge is 0.491 e. The molecule has 0 unspecified atom stereocenters. The topological polar surface area (TPSA) is 78.0 Å². The van der Waals surface area contributed by atoms with Gasteiger partial charge in [-0.3, -0.25) is 9.79 Å². The molecule has 0 saturated heterocycles. The third kappa shape index (κ3) is 8.59. The van der Waals surface area contributed by atoms with Gasteiger partial charge in [0, 0.05) is 44.4 Å². The van der Waals surface area contributed by atoms with Gasteiger partial charge in [0.15, 0.2) is 5.96 Å². The zero-order chi connectivity index (χ0) is 23.5. The Bertz CT molecular complexity index is 909. The summed E-state index contributed by atoms with van der Waals surface area (Å²) in [7, 11) is 5.71. The van der Waals surface area contributed by atoms with E-state index < -0.39 is 0 Å². The maximum atomic E-state index is 12.4. The SMILES string of the molecule is CN=C(NCc1cccc(C(=O)NCCN(C)C)c1)NCc1ccc(C)cc1OC(C)C. The van der Waals surface area contributed by atoms with Crippen LogP contribution >= 0.6 is 0 Å². The van der Waals surface area contributed by atoms with Crippen molar-refractivity contribution in [2.24, 2.45) is 4.99 Å². The summed E-state index contributed by atoms with van der Waals surface area (Å²) in [5.41, 5.74) is 3.90. The van der Waals surface area contributed by atoms with Crippen molar-refractivity contribution in [3.63, 3.8) is 0 Å². The molecule has 0 aliphatic heterocycles. The summed E-state index contributed by atoms with van der Waals surface area (Å²) in [5.74, 6) is 1.51. The summed E-state index contributed by atoms with van der Waals surface area (Å²) in [5, 5.41) is 9.60. The van der Waals surface area contributed by atoms with Gasteiger partial charge in [0.2, 0.25) is 0 Å². The van der Waals surface area contributed by atoms with E-state index in [1.165, 1.54) is 0 Å². The number of nitrogens with zero attached hydrogens (tertiary/aromatic N) is 2. The molecule has 3 N–H and O–H groups in total. The van der Waals surface area contributed by atoms with E-state index in [9.17, 15) is 4.79 Å². The Morgan fingerprint density at radius 3 is 2.50 bits per heavy atom. The fourth-order valence-corrected chi connectivity index (χ4v) is 3.07. The Hall–Kier alpha value is -3.06. The van der Waals surface area contributed by atoms with E-state index in [-0.39, 0.29) is 12.0 Å². The van der Waals surface area contributed by atoms with Gasteiger partial charge < -0.3 is 25.6 Å². The van der Waals surface area contributed by atoms with E-state index in [0.717, 1.165) is 29.0 Å². The maximum absolute atomic E-state index is 12.4. The molecule has 0 spiro atoms. The van der Waals surface area contributed by atoms with E-state index in [2.05, 4.69) is 46.1 Å². The Labute approximate surface area is 192 Å². The van der Waals surface area contributed by atoms with Crippen LogP contribution in [0.1, 0.15) is 40.9 Å². The average molecular weight is 440 g/mol. The zero-order valence-corrected chi connectivity index (χ0v) is 20.2. The van der Waals surface area contributed by atoms with E-state index in [0.29, 0.717) is 31.2 Å². The molecule has 2 aromatic carbocycles. The van der Waals surface area contributed by atoms with Gasteiger partial charge in [-0.05, 0) is 64.2 Å². The van der Waals surface area contributed by atoms with Crippen LogP contribution in [0, 0.1) is 6.92 Å². The second kappa shape index (κ2) is 12.7. The van der Waals surface area contributed by atoms with Crippen LogP contribution in [0.4, 0.5) is 0 Å². The van der Waals surface area contributed by atoms with Gasteiger partial charge >= 0.3 is 0 Å². The molecule has 7 nitrogen and oxygen atoms in total. The monoisotopic (exact) mass is 439 g/mol. The molecule has 0 fully saturated rings. The molecule has 174 valence electrons. The summed E-state index contributed by atoms with van der Waals surface area (Å²) in [6, 6.07) is 13.8. The predicted octanol–water partition coefficient (Wildman–Crippen LogP) is 2.94. The van der Waals surface area contributed by atoms with Crippen molar-refractivity contribution >= 4 is 11.9 Å². The molecule has 0 bridgehead atoms. The Kier molecular flexibility index (Phi) is 10.0. The lowest BCUT2D eigenvalue weighted by atomic mass is 10.1. The lowest BCUT2D eigenvalue weighted by Crippen LogP contribution is -2.36. The number of rotatable bonds is 10. The molecule has 0 atom stereocenters. The molecule has 2 rings (SSSR count). The number of likely N-dealkylation sites (N-methyl/N-ethyl adjacent to an activating group) is 1. The number of aliphatic imine (C=N–C) groups is 1. The van der Waals surface area contributed by atoms with Crippen molar-refractivity contribution in [1.29, 1.82) is 0 Å². The van der Waals surface area contributed by atoms with Crippen LogP contribution in [0.5, 0.6) is 5.75 Å². The molecule has 2 aromatic rings. The molecule has 0 saturated carbocycles. The van der Waals surface area contributed by atoms with E-state index >= 15 is 0 Å². The van der Waals surface area contributed by atoms with Crippen molar-refractivity contribution in [3.05, 3.63) is 64.7 Å². The Morgan fingerprint density at radius 1 is 1.06 bits per heavy atom. The molecule has 7 heteroatoms. The number of carbonyl (C=O) groups excluding carboxylic acids is 1. The highest BCUT2D eigenvalue weighted by Crippen LogP contribution is 2.21. The summed E-state index contributed by atoms with van der Waals surface area (Å²) in [6.07, 6.45) is 0.111. The van der Waals surface area contributed by atoms with Gasteiger partial charge in [-0.15, -0.1) is 0 Å². The lowest BCUT2D eigenvalue weighted by Gasteiger charge is -2.17. The Morgan fingerprint density at radius 2 is 1.81 bits per heavy atom. The van der Waals surface area contributed by atoms with Crippen LogP contribution in [0.2, 0.25) is 0 Å². The van der Waals surface area contributed by atoms with Gasteiger partial charge in [0.05, 0.1) is 6.10 Å². The minimum Gasteiger partial charge on any atom is -0.491 e. The zero-order valence-electron chi connectivity index (χ0n) is 20.2. The summed E-state index contributed by atoms with van der Waals surface area (Å²) in [6.45, 7) is 8.68. The molecule has 0 aromatic heterocycles. The number of hydrogen-bond donors (Lipinski definition) is 3. The molecule has 0 aliphatic carbocycles. The number of hydrogen-bond acceptors (Lipinski definition) is 4. The summed E-state index contributed by atoms with van der Waals surface area (Å²) < 4.78 is 5.96. The van der Waals surface area contributed by atoms with Crippen LogP contribution in [-0.4, -0.2) is 57.1 Å². The Balaban J connectivity index is 1.92. The molecular weight excluding hydrogens is 402 g/mol. The third-order valence-corrected chi connectivity index (χ3v) is 4.75. The highest BCUT2D eigenvalue weighted by molar-refractivity contribution is 5.94. The van der Waals surface area contributed by atoms with Gasteiger partial charge in [-0.25, -0.2) is 0 Å². The first-order valence-electron chi connectivity index (χ1n) is 11.0. The number of guanidine groups is 1. The second-order valence-electron chi connectivity index (χ2n) is 8.32. The highest BCUT2D eigenvalue weighted by atomic mass is 16.5. The van der Waals surface area contributed by atoms with Gasteiger partial charge in [0.25, 0.3) is 5.91 Å². The van der Waals surface area contributed by atoms with Crippen molar-refractivity contribution in [2.45, 2.75) is 40.0 Å². The maximum Gasteiger partial charge on any atom is 0.251 e. The molecular formula is C25H37N5O2. The van der Waals surface area contributed by atoms with Crippen molar-refractivity contribution in [3.8, 4) is 5.75 Å². The number of aryl methyl sites for hydroxylation is 1. The third-order valence-electron chi connectivity index (χ3n) is 4.75. The van der Waals surface area contributed by atoms with Crippen molar-refractivity contribution < 1.29 is 9.53 Å². The normalized spacial score (nSPS) is 11.6. The number of amides is 1. The molecule has 1 amide bonds. The first-order valence-corrected chi connectivity index (χ1v) is 11.0. The van der Waals surface area contributed by atoms with Crippen molar-refractivity contribution in [2.75, 3.05) is 34.2 Å². The molecule has 0 radical (unpaired) electrons. The fourth-order valence-electron chi connectivity index (χ4n) is 3.07. The smallest absolute Gasteiger partial charge is 0.251 e. The molecule has 0 heterocycles. The number of ether oxygens (including phenoxy) is 1. The molecule has 0 aliphatic rings. The van der Waals surface area contributed by atoms with Crippen LogP contribution in [0.15, 0.2) is 47.5 Å². The fraction of sp³-hybridized carbons (Fsp3) is 0.440. The van der Waals surface area contributed by atoms with E-state index in [1.807, 2.05) is 57.1 Å². The second-order valence-corrected chi connectivity index (χ2v) is 8.32. The minimum absolute atomic E-state index is 0.0618. The van der Waals surface area contributed by atoms with Gasteiger partial charge in [-0.2, -0.15) is 0 Å². The summed E-state index contributed by atoms with van der Waals surface area (Å²) >= 11 is 0. The predicted molar refractivity (Wildman–Crippen MR) is 131 cm³/mol. The quantitative estimate of drug-likeness (QED) is 0.392. The summed E-state index contributed by atoms with van der Waals surface area (Å²) in [4.78, 5) is 18.7. The molecule has 32 heavy (non-hydrogen) atoms. The van der Waals surface area contributed by atoms with E-state index in [1.54, 1.807) is 7.05 Å². The van der Waals surface area contributed by atoms with Crippen LogP contribution < -0.4 is 20.7 Å². The average Bonchev–Trinajstić information content (AvgIpc) is 2.74. The highest BCUT2D eigenvalue weighted by Gasteiger charge is 2.09. The van der Waals surface area contributed by atoms with Crippen LogP contribution in [-0.2, 0) is 13.1 Å².